The second-order valence-electron chi connectivity index (χ2n) is 3.35. The van der Waals surface area contributed by atoms with Gasteiger partial charge in [0.25, 0.3) is 0 Å². The predicted octanol–water partition coefficient (Wildman–Crippen LogP) is 1.24. The number of nitrogens with zero attached hydrogens (tertiary/aromatic N) is 2. The Balaban J connectivity index is 0.000000671. The molecule has 3 nitrogen and oxygen atoms in total. The van der Waals surface area contributed by atoms with E-state index in [1.807, 2.05) is 25.8 Å². The van der Waals surface area contributed by atoms with Crippen LogP contribution in [0.4, 0.5) is 0 Å². The van der Waals surface area contributed by atoms with Gasteiger partial charge in [0.05, 0.1) is 18.1 Å². The Bertz CT molecular complexity index is 170. The summed E-state index contributed by atoms with van der Waals surface area (Å²) in [5.41, 5.74) is -0.0656. The Kier molecular flexibility index (Phi) is 5.68. The fourth-order valence-corrected chi connectivity index (χ4v) is 1.22. The minimum atomic E-state index is -0.0656. The van der Waals surface area contributed by atoms with Gasteiger partial charge in [-0.15, -0.1) is 0 Å². The highest BCUT2D eigenvalue weighted by atomic mass is 16.3. The molecule has 0 aromatic carbocycles. The fraction of sp³-hybridized carbons (Fsp3) is 0.900. The van der Waals surface area contributed by atoms with Crippen molar-refractivity contribution in [1.82, 2.24) is 4.90 Å². The Morgan fingerprint density at radius 1 is 1.46 bits per heavy atom. The number of aliphatic hydroxyl groups excluding tert-OH is 1. The van der Waals surface area contributed by atoms with Crippen LogP contribution in [0.2, 0.25) is 0 Å². The summed E-state index contributed by atoms with van der Waals surface area (Å²) in [7, 11) is 1.94. The first-order chi connectivity index (χ1) is 6.22. The summed E-state index contributed by atoms with van der Waals surface area (Å²) in [5.74, 6) is 0. The van der Waals surface area contributed by atoms with Gasteiger partial charge in [-0.05, 0) is 19.9 Å². The van der Waals surface area contributed by atoms with E-state index in [1.165, 1.54) is 0 Å². The Hall–Kier alpha value is -0.590. The molecule has 0 amide bonds. The minimum Gasteiger partial charge on any atom is -0.395 e. The predicted molar refractivity (Wildman–Crippen MR) is 53.2 cm³/mol. The van der Waals surface area contributed by atoms with E-state index in [1.54, 1.807) is 0 Å². The van der Waals surface area contributed by atoms with Crippen LogP contribution in [0.25, 0.3) is 0 Å². The molecular weight excluding hydrogens is 164 g/mol. The lowest BCUT2D eigenvalue weighted by atomic mass is 10.1. The molecule has 0 spiro atoms. The number of hydrogen-bond donors (Lipinski definition) is 1. The first kappa shape index (κ1) is 12.4. The molecule has 0 aromatic rings. The standard InChI is InChI=1S/C8H14N2O.C2H6/c1-10(4-5-11)7-8(6-9)2-3-8;1-2/h11H,2-5,7H2,1H3;1-2H3. The molecule has 1 saturated carbocycles. The van der Waals surface area contributed by atoms with E-state index >= 15 is 0 Å². The normalized spacial score (nSPS) is 17.2. The summed E-state index contributed by atoms with van der Waals surface area (Å²) in [6.45, 7) is 5.66. The quantitative estimate of drug-likeness (QED) is 0.715. The molecular formula is C10H20N2O. The molecule has 0 radical (unpaired) electrons. The summed E-state index contributed by atoms with van der Waals surface area (Å²) in [4.78, 5) is 2.01. The molecule has 1 aliphatic rings. The van der Waals surface area contributed by atoms with Crippen LogP contribution in [0.1, 0.15) is 26.7 Å². The molecule has 76 valence electrons. The largest absolute Gasteiger partial charge is 0.395 e. The van der Waals surface area contributed by atoms with E-state index < -0.39 is 0 Å². The molecule has 1 aliphatic carbocycles. The maximum atomic E-state index is 8.73. The van der Waals surface area contributed by atoms with Crippen LogP contribution in [-0.2, 0) is 0 Å². The van der Waals surface area contributed by atoms with Gasteiger partial charge < -0.3 is 10.0 Å². The van der Waals surface area contributed by atoms with Crippen molar-refractivity contribution < 1.29 is 5.11 Å². The molecule has 0 heterocycles. The van der Waals surface area contributed by atoms with Crippen LogP contribution in [0.5, 0.6) is 0 Å². The molecule has 0 aromatic heterocycles. The molecule has 0 bridgehead atoms. The topological polar surface area (TPSA) is 47.3 Å². The van der Waals surface area contributed by atoms with Crippen molar-refractivity contribution >= 4 is 0 Å². The zero-order valence-corrected chi connectivity index (χ0v) is 8.88. The van der Waals surface area contributed by atoms with Crippen molar-refractivity contribution in [1.29, 1.82) is 5.26 Å². The third kappa shape index (κ3) is 4.25. The summed E-state index contributed by atoms with van der Waals surface area (Å²) in [5, 5.41) is 17.3. The number of likely N-dealkylation sites (N-methyl/N-ethyl adjacent to an activating group) is 1. The van der Waals surface area contributed by atoms with Crippen LogP contribution < -0.4 is 0 Å². The molecule has 3 heteroatoms. The van der Waals surface area contributed by atoms with Gasteiger partial charge in [-0.25, -0.2) is 0 Å². The SMILES string of the molecule is CC.CN(CCO)CC1(C#N)CC1. The molecule has 1 fully saturated rings. The molecule has 1 rings (SSSR count). The third-order valence-corrected chi connectivity index (χ3v) is 2.15. The van der Waals surface area contributed by atoms with Gasteiger partial charge >= 0.3 is 0 Å². The van der Waals surface area contributed by atoms with E-state index in [-0.39, 0.29) is 12.0 Å². The van der Waals surface area contributed by atoms with Gasteiger partial charge in [0.2, 0.25) is 0 Å². The van der Waals surface area contributed by atoms with Crippen LogP contribution in [0.3, 0.4) is 0 Å². The van der Waals surface area contributed by atoms with Crippen molar-refractivity contribution in [3.05, 3.63) is 0 Å². The third-order valence-electron chi connectivity index (χ3n) is 2.15. The second-order valence-corrected chi connectivity index (χ2v) is 3.35. The lowest BCUT2D eigenvalue weighted by molar-refractivity contribution is 0.208. The number of aliphatic hydroxyl groups is 1. The van der Waals surface area contributed by atoms with Crippen LogP contribution in [0, 0.1) is 16.7 Å². The Labute approximate surface area is 81.0 Å². The van der Waals surface area contributed by atoms with Gasteiger partial charge in [0.15, 0.2) is 0 Å². The van der Waals surface area contributed by atoms with E-state index in [0.717, 1.165) is 19.4 Å². The van der Waals surface area contributed by atoms with E-state index in [0.29, 0.717) is 6.54 Å². The smallest absolute Gasteiger partial charge is 0.0703 e. The van der Waals surface area contributed by atoms with Gasteiger partial charge in [0.1, 0.15) is 0 Å². The van der Waals surface area contributed by atoms with Gasteiger partial charge in [-0.2, -0.15) is 5.26 Å². The van der Waals surface area contributed by atoms with Crippen molar-refractivity contribution in [3.8, 4) is 6.07 Å². The van der Waals surface area contributed by atoms with Gasteiger partial charge in [0, 0.05) is 13.1 Å². The van der Waals surface area contributed by atoms with E-state index in [9.17, 15) is 0 Å². The zero-order valence-electron chi connectivity index (χ0n) is 8.88. The summed E-state index contributed by atoms with van der Waals surface area (Å²) in [6, 6.07) is 2.32. The van der Waals surface area contributed by atoms with Crippen LogP contribution >= 0.6 is 0 Å². The summed E-state index contributed by atoms with van der Waals surface area (Å²) < 4.78 is 0. The molecule has 1 N–H and O–H groups in total. The van der Waals surface area contributed by atoms with Gasteiger partial charge in [-0.1, -0.05) is 13.8 Å². The number of nitriles is 1. The highest BCUT2D eigenvalue weighted by molar-refractivity contribution is 5.11. The monoisotopic (exact) mass is 184 g/mol. The highest BCUT2D eigenvalue weighted by Crippen LogP contribution is 2.45. The fourth-order valence-electron chi connectivity index (χ4n) is 1.22. The molecule has 13 heavy (non-hydrogen) atoms. The second kappa shape index (κ2) is 5.95. The Morgan fingerprint density at radius 3 is 2.31 bits per heavy atom. The van der Waals surface area contributed by atoms with Crippen molar-refractivity contribution in [2.75, 3.05) is 26.7 Å². The van der Waals surface area contributed by atoms with Crippen molar-refractivity contribution in [2.45, 2.75) is 26.7 Å². The van der Waals surface area contributed by atoms with E-state index in [4.69, 9.17) is 10.4 Å². The van der Waals surface area contributed by atoms with Crippen LogP contribution in [-0.4, -0.2) is 36.8 Å². The number of rotatable bonds is 4. The molecule has 0 saturated heterocycles. The van der Waals surface area contributed by atoms with Crippen molar-refractivity contribution in [2.24, 2.45) is 5.41 Å². The van der Waals surface area contributed by atoms with Crippen molar-refractivity contribution in [3.63, 3.8) is 0 Å². The van der Waals surface area contributed by atoms with Crippen LogP contribution in [0.15, 0.2) is 0 Å². The minimum absolute atomic E-state index is 0.0656. The Morgan fingerprint density at radius 2 is 2.00 bits per heavy atom. The molecule has 0 unspecified atom stereocenters. The zero-order chi connectivity index (χ0) is 10.3. The lowest BCUT2D eigenvalue weighted by Gasteiger charge is -2.17. The highest BCUT2D eigenvalue weighted by Gasteiger charge is 2.43. The summed E-state index contributed by atoms with van der Waals surface area (Å²) >= 11 is 0. The first-order valence-electron chi connectivity index (χ1n) is 4.93. The van der Waals surface area contributed by atoms with Gasteiger partial charge in [-0.3, -0.25) is 0 Å². The maximum Gasteiger partial charge on any atom is 0.0703 e. The average Bonchev–Trinajstić information content (AvgIpc) is 2.89. The first-order valence-corrected chi connectivity index (χ1v) is 4.93. The lowest BCUT2D eigenvalue weighted by Crippen LogP contribution is -2.28. The molecule has 0 atom stereocenters. The average molecular weight is 184 g/mol. The molecule has 0 aliphatic heterocycles. The van der Waals surface area contributed by atoms with E-state index in [2.05, 4.69) is 6.07 Å². The maximum absolute atomic E-state index is 8.73. The number of hydrogen-bond acceptors (Lipinski definition) is 3. The summed E-state index contributed by atoms with van der Waals surface area (Å²) in [6.07, 6.45) is 2.05.